The SMILES string of the molecule is CN(C(=O)CCc1ccc(F)cc1)[C@H]1CCN(CC(F)(F)F)C1=O. The normalized spacial score (nSPS) is 18.1. The summed E-state index contributed by atoms with van der Waals surface area (Å²) in [6.45, 7) is -1.31. The molecule has 0 unspecified atom stereocenters. The van der Waals surface area contributed by atoms with Gasteiger partial charge in [-0.25, -0.2) is 4.39 Å². The number of carbonyl (C=O) groups is 2. The van der Waals surface area contributed by atoms with Gasteiger partial charge in [-0.05, 0) is 30.5 Å². The summed E-state index contributed by atoms with van der Waals surface area (Å²) < 4.78 is 50.0. The van der Waals surface area contributed by atoms with E-state index >= 15 is 0 Å². The van der Waals surface area contributed by atoms with Crippen molar-refractivity contribution in [3.05, 3.63) is 35.6 Å². The van der Waals surface area contributed by atoms with E-state index in [1.165, 1.54) is 24.1 Å². The van der Waals surface area contributed by atoms with E-state index in [4.69, 9.17) is 0 Å². The van der Waals surface area contributed by atoms with Crippen LogP contribution in [-0.2, 0) is 16.0 Å². The first-order valence-corrected chi connectivity index (χ1v) is 7.53. The molecule has 2 amide bonds. The Morgan fingerprint density at radius 1 is 1.29 bits per heavy atom. The topological polar surface area (TPSA) is 40.6 Å². The highest BCUT2D eigenvalue weighted by atomic mass is 19.4. The van der Waals surface area contributed by atoms with Crippen LogP contribution in [0.1, 0.15) is 18.4 Å². The standard InChI is InChI=1S/C16H18F4N2O2/c1-21(13-8-9-22(15(13)24)10-16(18,19)20)14(23)7-4-11-2-5-12(17)6-3-11/h2-3,5-6,13H,4,7-10H2,1H3/t13-/m0/s1. The van der Waals surface area contributed by atoms with E-state index in [0.717, 1.165) is 10.5 Å². The van der Waals surface area contributed by atoms with E-state index < -0.39 is 24.7 Å². The molecule has 1 heterocycles. The summed E-state index contributed by atoms with van der Waals surface area (Å²) in [6, 6.07) is 4.86. The number of nitrogens with zero attached hydrogens (tertiary/aromatic N) is 2. The van der Waals surface area contributed by atoms with Crippen LogP contribution in [0.15, 0.2) is 24.3 Å². The Labute approximate surface area is 137 Å². The molecule has 24 heavy (non-hydrogen) atoms. The predicted octanol–water partition coefficient (Wildman–Crippen LogP) is 2.38. The maximum atomic E-state index is 12.8. The summed E-state index contributed by atoms with van der Waals surface area (Å²) >= 11 is 0. The number of benzene rings is 1. The maximum Gasteiger partial charge on any atom is 0.406 e. The Balaban J connectivity index is 1.89. The van der Waals surface area contributed by atoms with Crippen LogP contribution in [-0.4, -0.2) is 54.0 Å². The van der Waals surface area contributed by atoms with Gasteiger partial charge in [0.05, 0.1) is 0 Å². The van der Waals surface area contributed by atoms with Crippen molar-refractivity contribution < 1.29 is 27.2 Å². The van der Waals surface area contributed by atoms with Gasteiger partial charge < -0.3 is 9.80 Å². The zero-order chi connectivity index (χ0) is 17.9. The van der Waals surface area contributed by atoms with Crippen LogP contribution >= 0.6 is 0 Å². The number of hydrogen-bond donors (Lipinski definition) is 0. The third-order valence-electron chi connectivity index (χ3n) is 4.04. The molecule has 1 saturated heterocycles. The second-order valence-electron chi connectivity index (χ2n) is 5.81. The summed E-state index contributed by atoms with van der Waals surface area (Å²) in [4.78, 5) is 26.1. The number of halogens is 4. The van der Waals surface area contributed by atoms with Crippen molar-refractivity contribution >= 4 is 11.8 Å². The second kappa shape index (κ2) is 7.19. The fourth-order valence-corrected chi connectivity index (χ4v) is 2.71. The summed E-state index contributed by atoms with van der Waals surface area (Å²) in [5.74, 6) is -1.38. The average Bonchev–Trinajstić information content (AvgIpc) is 2.85. The molecular weight excluding hydrogens is 328 g/mol. The van der Waals surface area contributed by atoms with Crippen molar-refractivity contribution in [3.63, 3.8) is 0 Å². The lowest BCUT2D eigenvalue weighted by Crippen LogP contribution is -2.44. The van der Waals surface area contributed by atoms with Gasteiger partial charge >= 0.3 is 6.18 Å². The molecule has 8 heteroatoms. The molecule has 0 radical (unpaired) electrons. The molecule has 2 rings (SSSR count). The smallest absolute Gasteiger partial charge is 0.334 e. The zero-order valence-corrected chi connectivity index (χ0v) is 13.1. The number of rotatable bonds is 5. The van der Waals surface area contributed by atoms with E-state index in [2.05, 4.69) is 0 Å². The van der Waals surface area contributed by atoms with Crippen LogP contribution in [0, 0.1) is 5.82 Å². The first kappa shape index (κ1) is 18.2. The van der Waals surface area contributed by atoms with Gasteiger partial charge in [-0.1, -0.05) is 12.1 Å². The fraction of sp³-hybridized carbons (Fsp3) is 0.500. The van der Waals surface area contributed by atoms with Crippen LogP contribution < -0.4 is 0 Å². The average molecular weight is 346 g/mol. The fourth-order valence-electron chi connectivity index (χ4n) is 2.71. The van der Waals surface area contributed by atoms with E-state index in [-0.39, 0.29) is 31.1 Å². The molecule has 1 aromatic carbocycles. The quantitative estimate of drug-likeness (QED) is 0.768. The van der Waals surface area contributed by atoms with E-state index in [9.17, 15) is 27.2 Å². The minimum atomic E-state index is -4.45. The Morgan fingerprint density at radius 3 is 2.50 bits per heavy atom. The highest BCUT2D eigenvalue weighted by Gasteiger charge is 2.41. The van der Waals surface area contributed by atoms with Crippen molar-refractivity contribution in [1.29, 1.82) is 0 Å². The molecular formula is C16H18F4N2O2. The molecule has 0 N–H and O–H groups in total. The second-order valence-corrected chi connectivity index (χ2v) is 5.81. The molecule has 0 aliphatic carbocycles. The van der Waals surface area contributed by atoms with Gasteiger partial charge in [0.2, 0.25) is 11.8 Å². The summed E-state index contributed by atoms with van der Waals surface area (Å²) in [5.41, 5.74) is 0.773. The number of aryl methyl sites for hydroxylation is 1. The van der Waals surface area contributed by atoms with Gasteiger partial charge in [-0.3, -0.25) is 9.59 Å². The third kappa shape index (κ3) is 4.69. The van der Waals surface area contributed by atoms with E-state index in [1.54, 1.807) is 12.1 Å². The van der Waals surface area contributed by atoms with Gasteiger partial charge in [0, 0.05) is 20.0 Å². The Kier molecular flexibility index (Phi) is 5.46. The molecule has 0 bridgehead atoms. The first-order valence-electron chi connectivity index (χ1n) is 7.53. The zero-order valence-electron chi connectivity index (χ0n) is 13.1. The van der Waals surface area contributed by atoms with Crippen molar-refractivity contribution in [2.24, 2.45) is 0 Å². The van der Waals surface area contributed by atoms with Crippen molar-refractivity contribution in [3.8, 4) is 0 Å². The first-order chi connectivity index (χ1) is 11.2. The highest BCUT2D eigenvalue weighted by Crippen LogP contribution is 2.23. The van der Waals surface area contributed by atoms with Gasteiger partial charge in [0.15, 0.2) is 0 Å². The van der Waals surface area contributed by atoms with E-state index in [0.29, 0.717) is 6.42 Å². The molecule has 132 valence electrons. The number of hydrogen-bond acceptors (Lipinski definition) is 2. The minimum absolute atomic E-state index is 0.0153. The minimum Gasteiger partial charge on any atom is -0.334 e. The van der Waals surface area contributed by atoms with Crippen LogP contribution in [0.25, 0.3) is 0 Å². The Morgan fingerprint density at radius 2 is 1.92 bits per heavy atom. The molecule has 0 aromatic heterocycles. The number of amides is 2. The lowest BCUT2D eigenvalue weighted by atomic mass is 10.1. The lowest BCUT2D eigenvalue weighted by Gasteiger charge is -2.24. The monoisotopic (exact) mass is 346 g/mol. The number of alkyl halides is 3. The molecule has 1 aromatic rings. The molecule has 0 saturated carbocycles. The third-order valence-corrected chi connectivity index (χ3v) is 4.04. The van der Waals surface area contributed by atoms with E-state index in [1.807, 2.05) is 0 Å². The molecule has 1 aliphatic rings. The molecule has 1 aliphatic heterocycles. The molecule has 1 atom stereocenters. The van der Waals surface area contributed by atoms with Crippen LogP contribution in [0.5, 0.6) is 0 Å². The van der Waals surface area contributed by atoms with Crippen LogP contribution in [0.2, 0.25) is 0 Å². The highest BCUT2D eigenvalue weighted by molar-refractivity contribution is 5.89. The number of likely N-dealkylation sites (N-methyl/N-ethyl adjacent to an activating group) is 1. The number of carbonyl (C=O) groups excluding carboxylic acids is 2. The number of likely N-dealkylation sites (tertiary alicyclic amines) is 1. The lowest BCUT2D eigenvalue weighted by molar-refractivity contribution is -0.159. The van der Waals surface area contributed by atoms with Gasteiger partial charge in [-0.2, -0.15) is 13.2 Å². The summed E-state index contributed by atoms with van der Waals surface area (Å²) in [6.07, 6.45) is -3.79. The largest absolute Gasteiger partial charge is 0.406 e. The summed E-state index contributed by atoms with van der Waals surface area (Å²) in [5, 5.41) is 0. The van der Waals surface area contributed by atoms with Gasteiger partial charge in [0.1, 0.15) is 18.4 Å². The van der Waals surface area contributed by atoms with Crippen LogP contribution in [0.4, 0.5) is 17.6 Å². The Hall–Kier alpha value is -2.12. The van der Waals surface area contributed by atoms with Crippen molar-refractivity contribution in [1.82, 2.24) is 9.80 Å². The molecule has 4 nitrogen and oxygen atoms in total. The van der Waals surface area contributed by atoms with Crippen molar-refractivity contribution in [2.75, 3.05) is 20.1 Å². The van der Waals surface area contributed by atoms with Crippen molar-refractivity contribution in [2.45, 2.75) is 31.5 Å². The summed E-state index contributed by atoms with van der Waals surface area (Å²) in [7, 11) is 1.42. The molecule has 1 fully saturated rings. The van der Waals surface area contributed by atoms with Crippen LogP contribution in [0.3, 0.4) is 0 Å². The molecule has 0 spiro atoms. The van der Waals surface area contributed by atoms with Gasteiger partial charge in [0.25, 0.3) is 0 Å². The Bertz CT molecular complexity index is 601. The maximum absolute atomic E-state index is 12.8. The predicted molar refractivity (Wildman–Crippen MR) is 78.5 cm³/mol. The van der Waals surface area contributed by atoms with Gasteiger partial charge in [-0.15, -0.1) is 0 Å².